The Bertz CT molecular complexity index is 558. The molecule has 1 aromatic carbocycles. The Hall–Kier alpha value is -2.43. The van der Waals surface area contributed by atoms with E-state index in [1.165, 1.54) is 13.0 Å². The molecule has 1 aromatic heterocycles. The average Bonchev–Trinajstić information content (AvgIpc) is 2.78. The van der Waals surface area contributed by atoms with Gasteiger partial charge in [0.05, 0.1) is 16.8 Å². The van der Waals surface area contributed by atoms with Crippen molar-refractivity contribution in [2.24, 2.45) is 0 Å². The summed E-state index contributed by atoms with van der Waals surface area (Å²) in [5, 5.41) is 14.6. The molecule has 0 bridgehead atoms. The number of hydrogen-bond donors (Lipinski definition) is 0. The zero-order chi connectivity index (χ0) is 12.3. The van der Waals surface area contributed by atoms with Crippen molar-refractivity contribution in [3.8, 4) is 5.69 Å². The molecule has 0 spiro atoms. The van der Waals surface area contributed by atoms with Gasteiger partial charge < -0.3 is 0 Å². The summed E-state index contributed by atoms with van der Waals surface area (Å²) >= 11 is 0. The zero-order valence-electron chi connectivity index (χ0n) is 9.28. The highest BCUT2D eigenvalue weighted by Crippen LogP contribution is 2.10. The first-order valence-corrected chi connectivity index (χ1v) is 5.09. The van der Waals surface area contributed by atoms with Crippen molar-refractivity contribution in [3.63, 3.8) is 0 Å². The van der Waals surface area contributed by atoms with E-state index in [0.717, 1.165) is 5.69 Å². The topological polar surface area (TPSA) is 61.0 Å². The van der Waals surface area contributed by atoms with Gasteiger partial charge in [-0.15, -0.1) is 0 Å². The highest BCUT2D eigenvalue weighted by atomic mass is 16.6. The monoisotopic (exact) mass is 229 g/mol. The van der Waals surface area contributed by atoms with E-state index in [-0.39, 0.29) is 5.70 Å². The molecule has 1 heterocycles. The van der Waals surface area contributed by atoms with Crippen LogP contribution in [0.5, 0.6) is 0 Å². The van der Waals surface area contributed by atoms with Crippen LogP contribution in [-0.2, 0) is 0 Å². The third-order valence-electron chi connectivity index (χ3n) is 2.29. The Morgan fingerprint density at radius 3 is 2.76 bits per heavy atom. The van der Waals surface area contributed by atoms with Gasteiger partial charge in [-0.2, -0.15) is 5.10 Å². The largest absolute Gasteiger partial charge is 0.259 e. The van der Waals surface area contributed by atoms with Crippen LogP contribution in [0.3, 0.4) is 0 Å². The number of para-hydroxylation sites is 1. The summed E-state index contributed by atoms with van der Waals surface area (Å²) in [6, 6.07) is 9.58. The summed E-state index contributed by atoms with van der Waals surface area (Å²) in [4.78, 5) is 10.1. The number of nitro groups is 1. The lowest BCUT2D eigenvalue weighted by molar-refractivity contribution is -0.422. The molecule has 0 atom stereocenters. The number of allylic oxidation sites excluding steroid dienone is 1. The van der Waals surface area contributed by atoms with E-state index in [2.05, 4.69) is 5.10 Å². The van der Waals surface area contributed by atoms with E-state index in [1.807, 2.05) is 30.3 Å². The van der Waals surface area contributed by atoms with Crippen LogP contribution >= 0.6 is 0 Å². The highest BCUT2D eigenvalue weighted by Gasteiger charge is 2.04. The van der Waals surface area contributed by atoms with Crippen LogP contribution in [0.4, 0.5) is 0 Å². The summed E-state index contributed by atoms with van der Waals surface area (Å²) < 4.78 is 1.68. The smallest absolute Gasteiger partial charge is 0.243 e. The van der Waals surface area contributed by atoms with Crippen molar-refractivity contribution >= 4 is 6.08 Å². The summed E-state index contributed by atoms with van der Waals surface area (Å²) in [5.41, 5.74) is 1.73. The molecule has 5 heteroatoms. The van der Waals surface area contributed by atoms with Gasteiger partial charge in [0.25, 0.3) is 0 Å². The third kappa shape index (κ3) is 2.57. The molecule has 86 valence electrons. The summed E-state index contributed by atoms with van der Waals surface area (Å²) in [7, 11) is 0. The molecule has 17 heavy (non-hydrogen) atoms. The van der Waals surface area contributed by atoms with Crippen molar-refractivity contribution in [3.05, 3.63) is 64.1 Å². The van der Waals surface area contributed by atoms with Crippen LogP contribution in [-0.4, -0.2) is 14.7 Å². The van der Waals surface area contributed by atoms with Gasteiger partial charge in [-0.05, 0) is 12.1 Å². The number of hydrogen-bond acceptors (Lipinski definition) is 3. The van der Waals surface area contributed by atoms with Crippen molar-refractivity contribution in [2.75, 3.05) is 0 Å². The molecular weight excluding hydrogens is 218 g/mol. The first-order valence-electron chi connectivity index (χ1n) is 5.09. The van der Waals surface area contributed by atoms with E-state index in [1.54, 1.807) is 17.1 Å². The predicted molar refractivity (Wildman–Crippen MR) is 64.2 cm³/mol. The van der Waals surface area contributed by atoms with Gasteiger partial charge in [-0.1, -0.05) is 18.2 Å². The molecule has 2 aromatic rings. The van der Waals surface area contributed by atoms with E-state index in [4.69, 9.17) is 0 Å². The standard InChI is InChI=1S/C12H11N3O2/c1-10(15(16)17)7-11-8-13-14(9-11)12-5-3-2-4-6-12/h2-9H,1H3/b10-7+. The summed E-state index contributed by atoms with van der Waals surface area (Å²) in [6.07, 6.45) is 4.84. The van der Waals surface area contributed by atoms with Crippen LogP contribution in [0, 0.1) is 10.1 Å². The maximum atomic E-state index is 10.5. The quantitative estimate of drug-likeness (QED) is 0.600. The molecule has 0 saturated carbocycles. The number of nitrogens with zero attached hydrogens (tertiary/aromatic N) is 3. The highest BCUT2D eigenvalue weighted by molar-refractivity contribution is 5.49. The Morgan fingerprint density at radius 1 is 1.41 bits per heavy atom. The van der Waals surface area contributed by atoms with Gasteiger partial charge in [-0.3, -0.25) is 10.1 Å². The molecule has 0 unspecified atom stereocenters. The summed E-state index contributed by atoms with van der Waals surface area (Å²) in [6.45, 7) is 1.46. The van der Waals surface area contributed by atoms with E-state index in [9.17, 15) is 10.1 Å². The lowest BCUT2D eigenvalue weighted by Gasteiger charge is -1.98. The van der Waals surface area contributed by atoms with Crippen LogP contribution in [0.25, 0.3) is 11.8 Å². The van der Waals surface area contributed by atoms with E-state index < -0.39 is 4.92 Å². The molecule has 5 nitrogen and oxygen atoms in total. The van der Waals surface area contributed by atoms with E-state index >= 15 is 0 Å². The number of aromatic nitrogens is 2. The fourth-order valence-corrected chi connectivity index (χ4v) is 1.43. The molecule has 0 N–H and O–H groups in total. The van der Waals surface area contributed by atoms with Gasteiger partial charge in [0.15, 0.2) is 0 Å². The fourth-order valence-electron chi connectivity index (χ4n) is 1.43. The SMILES string of the molecule is C/C(=C\c1cnn(-c2ccccc2)c1)[N+](=O)[O-]. The van der Waals surface area contributed by atoms with Crippen LogP contribution in [0.2, 0.25) is 0 Å². The lowest BCUT2D eigenvalue weighted by Crippen LogP contribution is -1.93. The maximum absolute atomic E-state index is 10.5. The van der Waals surface area contributed by atoms with Gasteiger partial charge in [0, 0.05) is 24.8 Å². The van der Waals surface area contributed by atoms with Gasteiger partial charge in [0.2, 0.25) is 5.70 Å². The second kappa shape index (κ2) is 4.61. The van der Waals surface area contributed by atoms with E-state index in [0.29, 0.717) is 5.56 Å². The molecule has 0 amide bonds. The van der Waals surface area contributed by atoms with Gasteiger partial charge in [0.1, 0.15) is 0 Å². The molecule has 0 aliphatic rings. The second-order valence-electron chi connectivity index (χ2n) is 3.60. The maximum Gasteiger partial charge on any atom is 0.243 e. The molecular formula is C12H11N3O2. The minimum absolute atomic E-state index is 0.0950. The van der Waals surface area contributed by atoms with Crippen LogP contribution in [0.1, 0.15) is 12.5 Å². The third-order valence-corrected chi connectivity index (χ3v) is 2.29. The van der Waals surface area contributed by atoms with Crippen LogP contribution in [0.15, 0.2) is 48.4 Å². The number of benzene rings is 1. The second-order valence-corrected chi connectivity index (χ2v) is 3.60. The van der Waals surface area contributed by atoms with Crippen molar-refractivity contribution in [1.29, 1.82) is 0 Å². The Labute approximate surface area is 98.2 Å². The molecule has 0 aliphatic heterocycles. The van der Waals surface area contributed by atoms with Gasteiger partial charge in [-0.25, -0.2) is 4.68 Å². The van der Waals surface area contributed by atoms with Gasteiger partial charge >= 0.3 is 0 Å². The van der Waals surface area contributed by atoms with Crippen molar-refractivity contribution < 1.29 is 4.92 Å². The van der Waals surface area contributed by atoms with Crippen molar-refractivity contribution in [2.45, 2.75) is 6.92 Å². The average molecular weight is 229 g/mol. The first kappa shape index (κ1) is 11.1. The summed E-state index contributed by atoms with van der Waals surface area (Å²) in [5.74, 6) is 0. The molecule has 0 saturated heterocycles. The normalized spacial score (nSPS) is 11.5. The lowest BCUT2D eigenvalue weighted by atomic mass is 10.3. The fraction of sp³-hybridized carbons (Fsp3) is 0.0833. The minimum atomic E-state index is -0.417. The molecule has 0 fully saturated rings. The minimum Gasteiger partial charge on any atom is -0.259 e. The predicted octanol–water partition coefficient (Wildman–Crippen LogP) is 2.51. The Balaban J connectivity index is 2.29. The molecule has 0 aliphatic carbocycles. The molecule has 2 rings (SSSR count). The molecule has 0 radical (unpaired) electrons. The van der Waals surface area contributed by atoms with Crippen LogP contribution < -0.4 is 0 Å². The Morgan fingerprint density at radius 2 is 2.12 bits per heavy atom. The zero-order valence-corrected chi connectivity index (χ0v) is 9.28. The number of rotatable bonds is 3. The van der Waals surface area contributed by atoms with Crippen molar-refractivity contribution in [1.82, 2.24) is 9.78 Å². The first-order chi connectivity index (χ1) is 8.16. The Kier molecular flexibility index (Phi) is 3.00.